The van der Waals surface area contributed by atoms with Gasteiger partial charge in [0.05, 0.1) is 0 Å². The Hall–Kier alpha value is -4.07. The molecular weight excluding hydrogens is 392 g/mol. The molecule has 1 saturated heterocycles. The van der Waals surface area contributed by atoms with Gasteiger partial charge in [-0.2, -0.15) is 0 Å². The fourth-order valence-electron chi connectivity index (χ4n) is 3.47. The number of carbonyl (C=O) groups excluding carboxylic acids is 2. The molecule has 8 heteroatoms. The van der Waals surface area contributed by atoms with E-state index >= 15 is 0 Å². The number of hydrogen-bond donors (Lipinski definition) is 4. The number of rotatable bonds is 5. The zero-order chi connectivity index (χ0) is 21.5. The summed E-state index contributed by atoms with van der Waals surface area (Å²) < 4.78 is 0. The van der Waals surface area contributed by atoms with Gasteiger partial charge in [0.25, 0.3) is 0 Å². The van der Waals surface area contributed by atoms with Gasteiger partial charge in [-0.3, -0.25) is 0 Å². The van der Waals surface area contributed by atoms with E-state index in [1.165, 1.54) is 0 Å². The van der Waals surface area contributed by atoms with Crippen LogP contribution >= 0.6 is 0 Å². The van der Waals surface area contributed by atoms with E-state index in [0.29, 0.717) is 23.6 Å². The maximum atomic E-state index is 12.4. The predicted octanol–water partition coefficient (Wildman–Crippen LogP) is 4.13. The van der Waals surface area contributed by atoms with E-state index in [4.69, 9.17) is 0 Å². The summed E-state index contributed by atoms with van der Waals surface area (Å²) in [6.45, 7) is 1.56. The molecule has 1 aliphatic heterocycles. The Morgan fingerprint density at radius 1 is 0.806 bits per heavy atom. The third-order valence-corrected chi connectivity index (χ3v) is 4.91. The van der Waals surface area contributed by atoms with E-state index < -0.39 is 0 Å². The summed E-state index contributed by atoms with van der Waals surface area (Å²) in [7, 11) is 0. The monoisotopic (exact) mass is 416 g/mol. The molecule has 4 rings (SSSR count). The first kappa shape index (κ1) is 20.2. The highest BCUT2D eigenvalue weighted by Crippen LogP contribution is 2.18. The van der Waals surface area contributed by atoms with Crippen LogP contribution in [0.2, 0.25) is 0 Å². The molecule has 1 aromatic heterocycles. The van der Waals surface area contributed by atoms with Crippen molar-refractivity contribution in [2.45, 2.75) is 12.5 Å². The fraction of sp³-hybridized carbons (Fsp3) is 0.174. The van der Waals surface area contributed by atoms with Crippen LogP contribution in [0.15, 0.2) is 79.0 Å². The highest BCUT2D eigenvalue weighted by atomic mass is 16.2. The van der Waals surface area contributed by atoms with E-state index in [9.17, 15) is 9.59 Å². The number of urea groups is 2. The zero-order valence-corrected chi connectivity index (χ0v) is 16.9. The Bertz CT molecular complexity index is 1030. The lowest BCUT2D eigenvalue weighted by molar-refractivity contribution is 0.249. The minimum absolute atomic E-state index is 0.0416. The average molecular weight is 416 g/mol. The number of para-hydroxylation sites is 1. The van der Waals surface area contributed by atoms with Crippen LogP contribution in [0.5, 0.6) is 0 Å². The molecule has 1 unspecified atom stereocenters. The van der Waals surface area contributed by atoms with Gasteiger partial charge in [0.1, 0.15) is 5.82 Å². The number of nitrogens with zero attached hydrogens (tertiary/aromatic N) is 2. The molecule has 2 aromatic carbocycles. The van der Waals surface area contributed by atoms with Crippen LogP contribution in [0.4, 0.5) is 32.5 Å². The van der Waals surface area contributed by atoms with Gasteiger partial charge in [-0.25, -0.2) is 14.6 Å². The average Bonchev–Trinajstić information content (AvgIpc) is 3.23. The molecule has 8 nitrogen and oxygen atoms in total. The van der Waals surface area contributed by atoms with Crippen LogP contribution in [0.1, 0.15) is 6.42 Å². The van der Waals surface area contributed by atoms with E-state index in [0.717, 1.165) is 18.8 Å². The highest BCUT2D eigenvalue weighted by Gasteiger charge is 2.24. The first-order valence-electron chi connectivity index (χ1n) is 10.1. The Morgan fingerprint density at radius 2 is 1.48 bits per heavy atom. The minimum Gasteiger partial charge on any atom is -0.354 e. The van der Waals surface area contributed by atoms with E-state index in [-0.39, 0.29) is 18.1 Å². The Kier molecular flexibility index (Phi) is 6.27. The Labute approximate surface area is 180 Å². The number of aromatic nitrogens is 1. The number of carbonyl (C=O) groups is 2. The smallest absolute Gasteiger partial charge is 0.323 e. The van der Waals surface area contributed by atoms with Gasteiger partial charge in [0.2, 0.25) is 0 Å². The maximum absolute atomic E-state index is 12.4. The zero-order valence-electron chi connectivity index (χ0n) is 16.9. The lowest BCUT2D eigenvalue weighted by Crippen LogP contribution is -2.39. The van der Waals surface area contributed by atoms with Crippen molar-refractivity contribution in [3.63, 3.8) is 0 Å². The van der Waals surface area contributed by atoms with Crippen LogP contribution in [0.25, 0.3) is 0 Å². The van der Waals surface area contributed by atoms with Crippen molar-refractivity contribution in [3.05, 3.63) is 79.0 Å². The minimum atomic E-state index is -0.353. The van der Waals surface area contributed by atoms with Gasteiger partial charge in [-0.1, -0.05) is 30.3 Å². The van der Waals surface area contributed by atoms with Crippen molar-refractivity contribution in [1.29, 1.82) is 0 Å². The van der Waals surface area contributed by atoms with Crippen LogP contribution in [-0.4, -0.2) is 36.2 Å². The number of anilines is 4. The summed E-state index contributed by atoms with van der Waals surface area (Å²) in [6, 6.07) is 21.4. The van der Waals surface area contributed by atoms with E-state index in [1.807, 2.05) is 36.4 Å². The molecule has 31 heavy (non-hydrogen) atoms. The van der Waals surface area contributed by atoms with Gasteiger partial charge in [-0.05, 0) is 48.9 Å². The Balaban J connectivity index is 1.27. The van der Waals surface area contributed by atoms with Crippen LogP contribution < -0.4 is 26.2 Å². The second-order valence-corrected chi connectivity index (χ2v) is 7.24. The standard InChI is InChI=1S/C23H24N6O2/c30-22(25-17-7-2-1-3-8-17)26-18-9-6-10-19(15-18)27-23(31)28-20-12-14-29(16-20)21-11-4-5-13-24-21/h1-11,13,15,20H,12,14,16H2,(H2,25,26,30)(H2,27,28,31). The molecule has 3 aromatic rings. The van der Waals surface area contributed by atoms with E-state index in [1.54, 1.807) is 42.6 Å². The molecule has 4 N–H and O–H groups in total. The normalized spacial score (nSPS) is 15.2. The SMILES string of the molecule is O=C(Nc1ccccc1)Nc1cccc(NC(=O)NC2CCN(c3ccccn3)C2)c1. The summed E-state index contributed by atoms with van der Waals surface area (Å²) in [5, 5.41) is 11.4. The molecule has 0 aliphatic carbocycles. The Morgan fingerprint density at radius 3 is 2.23 bits per heavy atom. The van der Waals surface area contributed by atoms with Crippen molar-refractivity contribution in [2.75, 3.05) is 33.9 Å². The summed E-state index contributed by atoms with van der Waals surface area (Å²) in [5.41, 5.74) is 1.87. The van der Waals surface area contributed by atoms with Gasteiger partial charge < -0.3 is 26.2 Å². The van der Waals surface area contributed by atoms with Crippen molar-refractivity contribution >= 4 is 34.9 Å². The highest BCUT2D eigenvalue weighted by molar-refractivity contribution is 6.00. The first-order chi connectivity index (χ1) is 15.2. The molecule has 0 radical (unpaired) electrons. The van der Waals surface area contributed by atoms with Crippen LogP contribution in [0, 0.1) is 0 Å². The molecule has 2 heterocycles. The van der Waals surface area contributed by atoms with E-state index in [2.05, 4.69) is 31.2 Å². The van der Waals surface area contributed by atoms with Crippen molar-refractivity contribution in [1.82, 2.24) is 10.3 Å². The summed E-state index contributed by atoms with van der Waals surface area (Å²) in [4.78, 5) is 31.1. The molecule has 1 aliphatic rings. The second-order valence-electron chi connectivity index (χ2n) is 7.24. The molecular formula is C23H24N6O2. The number of benzene rings is 2. The number of hydrogen-bond acceptors (Lipinski definition) is 4. The van der Waals surface area contributed by atoms with Gasteiger partial charge in [0, 0.05) is 42.4 Å². The summed E-state index contributed by atoms with van der Waals surface area (Å²) in [5.74, 6) is 0.916. The number of pyridine rings is 1. The third kappa shape index (κ3) is 5.72. The molecule has 1 fully saturated rings. The largest absolute Gasteiger partial charge is 0.354 e. The fourth-order valence-corrected chi connectivity index (χ4v) is 3.47. The summed E-state index contributed by atoms with van der Waals surface area (Å²) >= 11 is 0. The van der Waals surface area contributed by atoms with Gasteiger partial charge in [0.15, 0.2) is 0 Å². The molecule has 0 bridgehead atoms. The van der Waals surface area contributed by atoms with Gasteiger partial charge >= 0.3 is 12.1 Å². The number of nitrogens with one attached hydrogen (secondary N) is 4. The molecule has 158 valence electrons. The predicted molar refractivity (Wildman–Crippen MR) is 123 cm³/mol. The quantitative estimate of drug-likeness (QED) is 0.503. The first-order valence-corrected chi connectivity index (χ1v) is 10.1. The second kappa shape index (κ2) is 9.62. The number of amides is 4. The van der Waals surface area contributed by atoms with Crippen LogP contribution in [0.3, 0.4) is 0 Å². The molecule has 0 saturated carbocycles. The molecule has 0 spiro atoms. The lowest BCUT2D eigenvalue weighted by Gasteiger charge is -2.18. The third-order valence-electron chi connectivity index (χ3n) is 4.91. The topological polar surface area (TPSA) is 98.4 Å². The van der Waals surface area contributed by atoms with Crippen molar-refractivity contribution in [2.24, 2.45) is 0 Å². The molecule has 4 amide bonds. The van der Waals surface area contributed by atoms with Crippen LogP contribution in [-0.2, 0) is 0 Å². The van der Waals surface area contributed by atoms with Gasteiger partial charge in [-0.15, -0.1) is 0 Å². The van der Waals surface area contributed by atoms with Crippen molar-refractivity contribution < 1.29 is 9.59 Å². The molecule has 1 atom stereocenters. The summed E-state index contributed by atoms with van der Waals surface area (Å²) in [6.07, 6.45) is 2.62. The van der Waals surface area contributed by atoms with Crippen molar-refractivity contribution in [3.8, 4) is 0 Å². The lowest BCUT2D eigenvalue weighted by atomic mass is 10.2. The maximum Gasteiger partial charge on any atom is 0.323 e.